The summed E-state index contributed by atoms with van der Waals surface area (Å²) in [6.45, 7) is 1.53. The monoisotopic (exact) mass is 196 g/mol. The number of hydrogen-bond donors (Lipinski definition) is 1. The fourth-order valence-corrected chi connectivity index (χ4v) is 2.03. The van der Waals surface area contributed by atoms with Crippen molar-refractivity contribution in [1.82, 2.24) is 0 Å². The highest BCUT2D eigenvalue weighted by Crippen LogP contribution is 2.44. The minimum Gasteiger partial charge on any atom is -0.383 e. The summed E-state index contributed by atoms with van der Waals surface area (Å²) in [7, 11) is 0. The highest BCUT2D eigenvalue weighted by atomic mass is 19.4. The molecule has 1 aliphatic carbocycles. The molecule has 1 atom stereocenters. The van der Waals surface area contributed by atoms with E-state index >= 15 is 0 Å². The number of halogens is 3. The van der Waals surface area contributed by atoms with Crippen molar-refractivity contribution in [3.63, 3.8) is 0 Å². The molecule has 1 aliphatic rings. The lowest BCUT2D eigenvalue weighted by molar-refractivity contribution is -0.241. The van der Waals surface area contributed by atoms with Crippen molar-refractivity contribution in [2.24, 2.45) is 5.41 Å². The molecule has 0 aromatic rings. The predicted molar refractivity (Wildman–Crippen MR) is 43.3 cm³/mol. The van der Waals surface area contributed by atoms with Gasteiger partial charge in [0.1, 0.15) is 0 Å². The van der Waals surface area contributed by atoms with Gasteiger partial charge in [-0.15, -0.1) is 0 Å². The van der Waals surface area contributed by atoms with Crippen LogP contribution in [0.2, 0.25) is 0 Å². The Morgan fingerprint density at radius 3 is 2.00 bits per heavy atom. The molecule has 4 heteroatoms. The van der Waals surface area contributed by atoms with Crippen LogP contribution in [-0.4, -0.2) is 17.4 Å². The molecule has 0 spiro atoms. The van der Waals surface area contributed by atoms with Gasteiger partial charge in [-0.1, -0.05) is 26.2 Å². The maximum Gasteiger partial charge on any atom is 0.414 e. The van der Waals surface area contributed by atoms with Crippen LogP contribution in [0, 0.1) is 5.41 Å². The third-order valence-electron chi connectivity index (χ3n) is 2.97. The fourth-order valence-electron chi connectivity index (χ4n) is 2.03. The first-order chi connectivity index (χ1) is 5.86. The molecule has 1 rings (SSSR count). The predicted octanol–water partition coefficient (Wildman–Crippen LogP) is 2.88. The van der Waals surface area contributed by atoms with E-state index in [0.29, 0.717) is 12.8 Å². The summed E-state index contributed by atoms with van der Waals surface area (Å²) < 4.78 is 36.7. The van der Waals surface area contributed by atoms with Crippen LogP contribution in [0.5, 0.6) is 0 Å². The Hall–Kier alpha value is -0.250. The molecule has 1 fully saturated rings. The number of aliphatic hydroxyl groups is 1. The molecule has 0 bridgehead atoms. The van der Waals surface area contributed by atoms with Crippen LogP contribution >= 0.6 is 0 Å². The van der Waals surface area contributed by atoms with Gasteiger partial charge in [0.2, 0.25) is 0 Å². The van der Waals surface area contributed by atoms with Crippen molar-refractivity contribution in [3.05, 3.63) is 0 Å². The Kier molecular flexibility index (Phi) is 2.90. The Morgan fingerprint density at radius 2 is 1.62 bits per heavy atom. The highest BCUT2D eigenvalue weighted by Gasteiger charge is 2.50. The van der Waals surface area contributed by atoms with Gasteiger partial charge in [-0.25, -0.2) is 0 Å². The quantitative estimate of drug-likeness (QED) is 0.683. The molecule has 1 N–H and O–H groups in total. The van der Waals surface area contributed by atoms with Crippen molar-refractivity contribution in [2.45, 2.75) is 51.3 Å². The molecule has 0 amide bonds. The average molecular weight is 196 g/mol. The van der Waals surface area contributed by atoms with Crippen molar-refractivity contribution >= 4 is 0 Å². The maximum absolute atomic E-state index is 12.2. The Morgan fingerprint density at radius 1 is 1.15 bits per heavy atom. The van der Waals surface area contributed by atoms with Crippen LogP contribution in [0.15, 0.2) is 0 Å². The van der Waals surface area contributed by atoms with E-state index in [2.05, 4.69) is 0 Å². The van der Waals surface area contributed by atoms with Gasteiger partial charge in [-0.2, -0.15) is 13.2 Å². The molecule has 0 aromatic carbocycles. The summed E-state index contributed by atoms with van der Waals surface area (Å²) >= 11 is 0. The number of hydrogen-bond acceptors (Lipinski definition) is 1. The Balaban J connectivity index is 2.67. The molecule has 1 nitrogen and oxygen atoms in total. The van der Waals surface area contributed by atoms with Crippen LogP contribution in [0.4, 0.5) is 13.2 Å². The first-order valence-corrected chi connectivity index (χ1v) is 4.61. The molecule has 13 heavy (non-hydrogen) atoms. The minimum atomic E-state index is -4.47. The lowest BCUT2D eigenvalue weighted by atomic mass is 9.71. The highest BCUT2D eigenvalue weighted by molar-refractivity contribution is 4.88. The van der Waals surface area contributed by atoms with Gasteiger partial charge >= 0.3 is 6.18 Å². The van der Waals surface area contributed by atoms with E-state index in [1.807, 2.05) is 0 Å². The fraction of sp³-hybridized carbons (Fsp3) is 1.00. The summed E-state index contributed by atoms with van der Waals surface area (Å²) in [5.41, 5.74) is -0.948. The van der Waals surface area contributed by atoms with Gasteiger partial charge in [0.25, 0.3) is 0 Å². The van der Waals surface area contributed by atoms with Crippen molar-refractivity contribution in [1.29, 1.82) is 0 Å². The largest absolute Gasteiger partial charge is 0.414 e. The average Bonchev–Trinajstić information content (AvgIpc) is 2.03. The third-order valence-corrected chi connectivity index (χ3v) is 2.97. The summed E-state index contributed by atoms with van der Waals surface area (Å²) in [5, 5.41) is 9.14. The minimum absolute atomic E-state index is 0.480. The number of alkyl halides is 3. The van der Waals surface area contributed by atoms with Gasteiger partial charge in [0, 0.05) is 5.41 Å². The summed E-state index contributed by atoms with van der Waals surface area (Å²) in [4.78, 5) is 0. The van der Waals surface area contributed by atoms with Crippen LogP contribution in [0.3, 0.4) is 0 Å². The Labute approximate surface area is 75.9 Å². The molecular formula is C9H15F3O. The Bertz CT molecular complexity index is 170. The standard InChI is InChI=1S/C9H15F3O/c1-8(5-3-2-4-6-8)7(13)9(10,11)12/h7,13H,2-6H2,1H3/t7-/m1/s1. The van der Waals surface area contributed by atoms with Crippen LogP contribution in [0.1, 0.15) is 39.0 Å². The zero-order valence-corrected chi connectivity index (χ0v) is 7.69. The second-order valence-electron chi connectivity index (χ2n) is 4.16. The van der Waals surface area contributed by atoms with E-state index in [9.17, 15) is 13.2 Å². The topological polar surface area (TPSA) is 20.2 Å². The molecule has 0 radical (unpaired) electrons. The summed E-state index contributed by atoms with van der Waals surface area (Å²) in [5.74, 6) is 0. The number of aliphatic hydroxyl groups excluding tert-OH is 1. The zero-order chi connectivity index (χ0) is 10.1. The lowest BCUT2D eigenvalue weighted by Gasteiger charge is -2.38. The zero-order valence-electron chi connectivity index (χ0n) is 7.69. The first kappa shape index (κ1) is 10.8. The SMILES string of the molecule is CC1([C@@H](O)C(F)(F)F)CCCCC1. The molecule has 0 saturated heterocycles. The van der Waals surface area contributed by atoms with E-state index in [0.717, 1.165) is 19.3 Å². The molecule has 0 aliphatic heterocycles. The van der Waals surface area contributed by atoms with Crippen LogP contribution < -0.4 is 0 Å². The molecule has 1 saturated carbocycles. The lowest BCUT2D eigenvalue weighted by Crippen LogP contribution is -2.44. The first-order valence-electron chi connectivity index (χ1n) is 4.61. The normalized spacial score (nSPS) is 25.6. The van der Waals surface area contributed by atoms with Gasteiger partial charge in [0.15, 0.2) is 6.10 Å². The number of rotatable bonds is 1. The van der Waals surface area contributed by atoms with Crippen LogP contribution in [0.25, 0.3) is 0 Å². The van der Waals surface area contributed by atoms with Crippen molar-refractivity contribution in [3.8, 4) is 0 Å². The molecule has 78 valence electrons. The van der Waals surface area contributed by atoms with E-state index in [4.69, 9.17) is 5.11 Å². The second-order valence-corrected chi connectivity index (χ2v) is 4.16. The molecule has 0 heterocycles. The van der Waals surface area contributed by atoms with E-state index in [-0.39, 0.29) is 0 Å². The van der Waals surface area contributed by atoms with Gasteiger partial charge < -0.3 is 5.11 Å². The maximum atomic E-state index is 12.2. The summed E-state index contributed by atoms with van der Waals surface area (Å²) in [6.07, 6.45) is -3.08. The summed E-state index contributed by atoms with van der Waals surface area (Å²) in [6, 6.07) is 0. The molecule has 0 aromatic heterocycles. The third kappa shape index (κ3) is 2.36. The van der Waals surface area contributed by atoms with Gasteiger partial charge in [0.05, 0.1) is 0 Å². The molecular weight excluding hydrogens is 181 g/mol. The van der Waals surface area contributed by atoms with E-state index in [1.165, 1.54) is 6.92 Å². The van der Waals surface area contributed by atoms with E-state index < -0.39 is 17.7 Å². The molecule has 0 unspecified atom stereocenters. The van der Waals surface area contributed by atoms with Gasteiger partial charge in [-0.05, 0) is 12.8 Å². The van der Waals surface area contributed by atoms with Crippen LogP contribution in [-0.2, 0) is 0 Å². The van der Waals surface area contributed by atoms with E-state index in [1.54, 1.807) is 0 Å². The van der Waals surface area contributed by atoms with Crippen molar-refractivity contribution in [2.75, 3.05) is 0 Å². The smallest absolute Gasteiger partial charge is 0.383 e. The second kappa shape index (κ2) is 3.48. The van der Waals surface area contributed by atoms with Crippen molar-refractivity contribution < 1.29 is 18.3 Å². The van der Waals surface area contributed by atoms with Gasteiger partial charge in [-0.3, -0.25) is 0 Å².